The zero-order valence-electron chi connectivity index (χ0n) is 9.29. The van der Waals surface area contributed by atoms with Crippen LogP contribution in [0.2, 0.25) is 0 Å². The topological polar surface area (TPSA) is 17.1 Å². The number of carbonyl (C=O) groups excluding carboxylic acids is 1. The third-order valence-corrected chi connectivity index (χ3v) is 3.01. The van der Waals surface area contributed by atoms with Crippen LogP contribution in [0.1, 0.15) is 15.9 Å². The van der Waals surface area contributed by atoms with Crippen LogP contribution in [0.3, 0.4) is 0 Å². The molecule has 92 valence electrons. The molecule has 0 fully saturated rings. The summed E-state index contributed by atoms with van der Waals surface area (Å²) in [5, 5.41) is 0. The summed E-state index contributed by atoms with van der Waals surface area (Å²) in [6, 6.07) is 9.89. The summed E-state index contributed by atoms with van der Waals surface area (Å²) < 4.78 is 27.1. The molecule has 0 aliphatic rings. The lowest BCUT2D eigenvalue weighted by Gasteiger charge is -2.04. The molecule has 0 aliphatic carbocycles. The normalized spacial score (nSPS) is 10.4. The zero-order valence-corrected chi connectivity index (χ0v) is 10.9. The largest absolute Gasteiger partial charge is 0.294 e. The number of halogens is 3. The van der Waals surface area contributed by atoms with Gasteiger partial charge in [-0.25, -0.2) is 8.78 Å². The van der Waals surface area contributed by atoms with Gasteiger partial charge in [-0.1, -0.05) is 34.1 Å². The summed E-state index contributed by atoms with van der Waals surface area (Å²) in [4.78, 5) is 11.9. The van der Waals surface area contributed by atoms with Gasteiger partial charge in [0.1, 0.15) is 11.6 Å². The average Bonchev–Trinajstić information content (AvgIpc) is 2.32. The Balaban J connectivity index is 2.21. The Bertz CT molecular complexity index is 596. The van der Waals surface area contributed by atoms with Crippen LogP contribution in [-0.4, -0.2) is 5.78 Å². The average molecular weight is 311 g/mol. The van der Waals surface area contributed by atoms with Crippen LogP contribution < -0.4 is 0 Å². The van der Waals surface area contributed by atoms with Gasteiger partial charge in [-0.3, -0.25) is 4.79 Å². The van der Waals surface area contributed by atoms with E-state index in [0.717, 1.165) is 6.07 Å². The summed E-state index contributed by atoms with van der Waals surface area (Å²) in [7, 11) is 0. The summed E-state index contributed by atoms with van der Waals surface area (Å²) in [5.41, 5.74) is 0.546. The van der Waals surface area contributed by atoms with Gasteiger partial charge in [0.25, 0.3) is 0 Å². The Morgan fingerprint density at radius 3 is 2.56 bits per heavy atom. The van der Waals surface area contributed by atoms with Gasteiger partial charge in [0.2, 0.25) is 0 Å². The van der Waals surface area contributed by atoms with Crippen LogP contribution in [-0.2, 0) is 6.42 Å². The molecule has 0 aliphatic heterocycles. The first-order valence-electron chi connectivity index (χ1n) is 5.29. The van der Waals surface area contributed by atoms with Gasteiger partial charge in [0, 0.05) is 16.5 Å². The van der Waals surface area contributed by atoms with Crippen molar-refractivity contribution in [2.75, 3.05) is 0 Å². The summed E-state index contributed by atoms with van der Waals surface area (Å²) in [6.07, 6.45) is -0.0808. The number of carbonyl (C=O) groups is 1. The molecule has 0 radical (unpaired) electrons. The second kappa shape index (κ2) is 5.40. The van der Waals surface area contributed by atoms with E-state index in [1.807, 2.05) is 0 Å². The molecule has 0 heterocycles. The third-order valence-electron chi connectivity index (χ3n) is 2.51. The molecule has 18 heavy (non-hydrogen) atoms. The standard InChI is InChI=1S/C14H9BrF2O/c15-11-5-4-9(13(17)8-11)7-14(18)10-2-1-3-12(16)6-10/h1-6,8H,7H2. The first-order chi connectivity index (χ1) is 8.56. The highest BCUT2D eigenvalue weighted by molar-refractivity contribution is 9.10. The molecule has 1 nitrogen and oxygen atoms in total. The van der Waals surface area contributed by atoms with Crippen molar-refractivity contribution < 1.29 is 13.6 Å². The molecule has 0 N–H and O–H groups in total. The molecule has 2 rings (SSSR count). The van der Waals surface area contributed by atoms with Gasteiger partial charge in [-0.15, -0.1) is 0 Å². The molecule has 2 aromatic carbocycles. The quantitative estimate of drug-likeness (QED) is 0.778. The van der Waals surface area contributed by atoms with Crippen molar-refractivity contribution in [3.63, 3.8) is 0 Å². The minimum absolute atomic E-state index is 0.0808. The number of Topliss-reactive ketones (excluding diaryl/α,β-unsaturated/α-hetero) is 1. The Hall–Kier alpha value is -1.55. The molecule has 0 unspecified atom stereocenters. The highest BCUT2D eigenvalue weighted by Gasteiger charge is 2.11. The minimum Gasteiger partial charge on any atom is -0.294 e. The van der Waals surface area contributed by atoms with E-state index in [0.29, 0.717) is 10.0 Å². The molecule has 0 amide bonds. The maximum atomic E-state index is 13.5. The van der Waals surface area contributed by atoms with Crippen LogP contribution >= 0.6 is 15.9 Å². The lowest BCUT2D eigenvalue weighted by molar-refractivity contribution is 0.0991. The van der Waals surface area contributed by atoms with E-state index in [-0.39, 0.29) is 17.8 Å². The van der Waals surface area contributed by atoms with E-state index >= 15 is 0 Å². The Morgan fingerprint density at radius 1 is 1.11 bits per heavy atom. The number of hydrogen-bond acceptors (Lipinski definition) is 1. The SMILES string of the molecule is O=C(Cc1ccc(Br)cc1F)c1cccc(F)c1. The molecule has 0 saturated heterocycles. The van der Waals surface area contributed by atoms with Crippen molar-refractivity contribution in [3.8, 4) is 0 Å². The maximum Gasteiger partial charge on any atom is 0.167 e. The fourth-order valence-corrected chi connectivity index (χ4v) is 1.94. The van der Waals surface area contributed by atoms with E-state index in [2.05, 4.69) is 15.9 Å². The molecule has 2 aromatic rings. The predicted molar refractivity (Wildman–Crippen MR) is 68.5 cm³/mol. The van der Waals surface area contributed by atoms with Gasteiger partial charge < -0.3 is 0 Å². The fourth-order valence-electron chi connectivity index (χ4n) is 1.60. The summed E-state index contributed by atoms with van der Waals surface area (Å²) in [6.45, 7) is 0. The number of benzene rings is 2. The lowest BCUT2D eigenvalue weighted by atomic mass is 10.0. The molecular formula is C14H9BrF2O. The summed E-state index contributed by atoms with van der Waals surface area (Å²) in [5.74, 6) is -1.23. The number of ketones is 1. The Labute approximate surface area is 112 Å². The van der Waals surface area contributed by atoms with Gasteiger partial charge in [-0.2, -0.15) is 0 Å². The highest BCUT2D eigenvalue weighted by Crippen LogP contribution is 2.17. The molecule has 0 aromatic heterocycles. The first kappa shape index (κ1) is 12.9. The van der Waals surface area contributed by atoms with Crippen molar-refractivity contribution in [1.29, 1.82) is 0 Å². The number of hydrogen-bond donors (Lipinski definition) is 0. The third kappa shape index (κ3) is 3.01. The van der Waals surface area contributed by atoms with Gasteiger partial charge in [0.05, 0.1) is 0 Å². The lowest BCUT2D eigenvalue weighted by Crippen LogP contribution is -2.05. The molecule has 4 heteroatoms. The van der Waals surface area contributed by atoms with Crippen LogP contribution in [0.5, 0.6) is 0 Å². The monoisotopic (exact) mass is 310 g/mol. The zero-order chi connectivity index (χ0) is 13.1. The predicted octanol–water partition coefficient (Wildman–Crippen LogP) is 4.15. The van der Waals surface area contributed by atoms with Gasteiger partial charge in [0.15, 0.2) is 5.78 Å². The second-order valence-corrected chi connectivity index (χ2v) is 4.76. The van der Waals surface area contributed by atoms with Gasteiger partial charge >= 0.3 is 0 Å². The smallest absolute Gasteiger partial charge is 0.167 e. The molecular weight excluding hydrogens is 302 g/mol. The fraction of sp³-hybridized carbons (Fsp3) is 0.0714. The highest BCUT2D eigenvalue weighted by atomic mass is 79.9. The molecule has 0 saturated carbocycles. The van der Waals surface area contributed by atoms with E-state index < -0.39 is 11.6 Å². The van der Waals surface area contributed by atoms with E-state index in [4.69, 9.17) is 0 Å². The Kier molecular flexibility index (Phi) is 3.87. The van der Waals surface area contributed by atoms with Crippen LogP contribution in [0, 0.1) is 11.6 Å². The second-order valence-electron chi connectivity index (χ2n) is 3.85. The van der Waals surface area contributed by atoms with Crippen LogP contribution in [0.15, 0.2) is 46.9 Å². The van der Waals surface area contributed by atoms with Crippen molar-refractivity contribution in [2.24, 2.45) is 0 Å². The Morgan fingerprint density at radius 2 is 1.89 bits per heavy atom. The maximum absolute atomic E-state index is 13.5. The van der Waals surface area contributed by atoms with Crippen molar-refractivity contribution in [1.82, 2.24) is 0 Å². The summed E-state index contributed by atoms with van der Waals surface area (Å²) >= 11 is 3.14. The van der Waals surface area contributed by atoms with E-state index in [1.165, 1.54) is 30.3 Å². The van der Waals surface area contributed by atoms with Crippen LogP contribution in [0.4, 0.5) is 8.78 Å². The van der Waals surface area contributed by atoms with Crippen molar-refractivity contribution >= 4 is 21.7 Å². The molecule has 0 spiro atoms. The molecule has 0 atom stereocenters. The van der Waals surface area contributed by atoms with Crippen molar-refractivity contribution in [3.05, 3.63) is 69.7 Å². The first-order valence-corrected chi connectivity index (χ1v) is 6.08. The number of rotatable bonds is 3. The van der Waals surface area contributed by atoms with Crippen LogP contribution in [0.25, 0.3) is 0 Å². The van der Waals surface area contributed by atoms with Gasteiger partial charge in [-0.05, 0) is 29.8 Å². The van der Waals surface area contributed by atoms with E-state index in [1.54, 1.807) is 6.07 Å². The van der Waals surface area contributed by atoms with E-state index in [9.17, 15) is 13.6 Å². The minimum atomic E-state index is -0.475. The molecule has 0 bridgehead atoms. The van der Waals surface area contributed by atoms with Crippen molar-refractivity contribution in [2.45, 2.75) is 6.42 Å².